The number of nitro benzene ring substituents is 1. The number of hydrogen-bond acceptors (Lipinski definition) is 5. The molecule has 8 nitrogen and oxygen atoms in total. The normalized spacial score (nSPS) is 16.0. The highest BCUT2D eigenvalue weighted by atomic mass is 16.6. The molecule has 0 bridgehead atoms. The molecule has 1 atom stereocenters. The van der Waals surface area contributed by atoms with E-state index in [9.17, 15) is 10.1 Å². The van der Waals surface area contributed by atoms with E-state index in [1.807, 2.05) is 6.07 Å². The van der Waals surface area contributed by atoms with Crippen molar-refractivity contribution in [1.82, 2.24) is 10.6 Å². The molecule has 1 heterocycles. The molecule has 1 fully saturated rings. The molecule has 32 heavy (non-hydrogen) atoms. The molecule has 2 N–H and O–H groups in total. The Balaban J connectivity index is 1.52. The Labute approximate surface area is 189 Å². The second-order valence-electron chi connectivity index (χ2n) is 7.89. The Morgan fingerprint density at radius 2 is 1.97 bits per heavy atom. The van der Waals surface area contributed by atoms with Crippen LogP contribution in [0.4, 0.5) is 11.4 Å². The van der Waals surface area contributed by atoms with Crippen LogP contribution in [-0.4, -0.2) is 50.3 Å². The average Bonchev–Trinajstić information content (AvgIpc) is 3.35. The van der Waals surface area contributed by atoms with E-state index in [-0.39, 0.29) is 10.6 Å². The summed E-state index contributed by atoms with van der Waals surface area (Å²) in [6, 6.07) is 17.0. The summed E-state index contributed by atoms with van der Waals surface area (Å²) in [5.41, 5.74) is 2.26. The third-order valence-electron chi connectivity index (χ3n) is 5.55. The van der Waals surface area contributed by atoms with Crippen molar-refractivity contribution in [2.75, 3.05) is 44.3 Å². The molecule has 8 heteroatoms. The van der Waals surface area contributed by atoms with Crippen LogP contribution >= 0.6 is 0 Å². The number of rotatable bonds is 11. The number of anilines is 1. The third kappa shape index (κ3) is 7.53. The number of para-hydroxylation sites is 1. The van der Waals surface area contributed by atoms with Crippen molar-refractivity contribution < 1.29 is 9.66 Å². The second kappa shape index (κ2) is 12.7. The summed E-state index contributed by atoms with van der Waals surface area (Å²) < 4.78 is 5.47. The molecular weight excluding hydrogens is 406 g/mol. The predicted molar refractivity (Wildman–Crippen MR) is 128 cm³/mol. The number of nitro groups is 1. The Hall–Kier alpha value is -3.13. The van der Waals surface area contributed by atoms with Gasteiger partial charge in [0.05, 0.1) is 18.1 Å². The molecular formula is C24H33N5O3. The number of aliphatic imine (C=N–C) groups is 1. The first-order chi connectivity index (χ1) is 15.7. The van der Waals surface area contributed by atoms with Gasteiger partial charge in [0.25, 0.3) is 5.69 Å². The summed E-state index contributed by atoms with van der Waals surface area (Å²) in [6.07, 6.45) is 2.04. The highest BCUT2D eigenvalue weighted by Gasteiger charge is 2.15. The van der Waals surface area contributed by atoms with Crippen LogP contribution in [0, 0.1) is 16.0 Å². The van der Waals surface area contributed by atoms with Crippen LogP contribution in [0.2, 0.25) is 0 Å². The van der Waals surface area contributed by atoms with Crippen molar-refractivity contribution >= 4 is 17.3 Å². The molecule has 1 unspecified atom stereocenters. The van der Waals surface area contributed by atoms with Gasteiger partial charge in [-0.25, -0.2) is 4.99 Å². The summed E-state index contributed by atoms with van der Waals surface area (Å²) in [7, 11) is 0. The predicted octanol–water partition coefficient (Wildman–Crippen LogP) is 3.58. The van der Waals surface area contributed by atoms with Crippen molar-refractivity contribution in [2.24, 2.45) is 10.9 Å². The molecule has 2 aromatic rings. The van der Waals surface area contributed by atoms with Crippen LogP contribution in [0.25, 0.3) is 0 Å². The standard InChI is InChI=1S/C24H33N5O3/c1-2-28(22-7-4-3-5-8-22)15-6-14-25-24(27-18-21-13-16-32-19-21)26-17-20-9-11-23(12-10-20)29(30)31/h3-5,7-12,21H,2,6,13-19H2,1H3,(H2,25,26,27). The molecule has 1 aliphatic rings. The maximum Gasteiger partial charge on any atom is 0.269 e. The van der Waals surface area contributed by atoms with E-state index in [4.69, 9.17) is 9.73 Å². The van der Waals surface area contributed by atoms with Gasteiger partial charge >= 0.3 is 0 Å². The van der Waals surface area contributed by atoms with E-state index in [1.165, 1.54) is 17.8 Å². The lowest BCUT2D eigenvalue weighted by Crippen LogP contribution is -2.41. The number of guanidine groups is 1. The number of benzene rings is 2. The summed E-state index contributed by atoms with van der Waals surface area (Å²) in [5, 5.41) is 17.7. The maximum absolute atomic E-state index is 10.8. The molecule has 3 rings (SSSR count). The first-order valence-electron chi connectivity index (χ1n) is 11.3. The van der Waals surface area contributed by atoms with Crippen LogP contribution in [0.15, 0.2) is 59.6 Å². The Morgan fingerprint density at radius 3 is 2.62 bits per heavy atom. The van der Waals surface area contributed by atoms with Crippen LogP contribution in [0.3, 0.4) is 0 Å². The number of non-ortho nitro benzene ring substituents is 1. The molecule has 0 saturated carbocycles. The third-order valence-corrected chi connectivity index (χ3v) is 5.55. The molecule has 0 aromatic heterocycles. The lowest BCUT2D eigenvalue weighted by Gasteiger charge is -2.23. The fourth-order valence-corrected chi connectivity index (χ4v) is 3.64. The monoisotopic (exact) mass is 439 g/mol. The SMILES string of the molecule is CCN(CCCNC(=NCc1ccc([N+](=O)[O-])cc1)NCC1CCOC1)c1ccccc1. The highest BCUT2D eigenvalue weighted by Crippen LogP contribution is 2.14. The van der Waals surface area contributed by atoms with Crippen LogP contribution < -0.4 is 15.5 Å². The van der Waals surface area contributed by atoms with Gasteiger partial charge in [-0.3, -0.25) is 10.1 Å². The highest BCUT2D eigenvalue weighted by molar-refractivity contribution is 5.79. The van der Waals surface area contributed by atoms with E-state index in [2.05, 4.69) is 46.7 Å². The zero-order chi connectivity index (χ0) is 22.6. The zero-order valence-electron chi connectivity index (χ0n) is 18.7. The van der Waals surface area contributed by atoms with Gasteiger partial charge in [0, 0.05) is 56.5 Å². The maximum atomic E-state index is 10.8. The first kappa shape index (κ1) is 23.5. The minimum Gasteiger partial charge on any atom is -0.381 e. The first-order valence-corrected chi connectivity index (χ1v) is 11.3. The molecule has 172 valence electrons. The zero-order valence-corrected chi connectivity index (χ0v) is 18.7. The number of nitrogens with one attached hydrogen (secondary N) is 2. The van der Waals surface area contributed by atoms with E-state index >= 15 is 0 Å². The summed E-state index contributed by atoms with van der Waals surface area (Å²) >= 11 is 0. The second-order valence-corrected chi connectivity index (χ2v) is 7.89. The topological polar surface area (TPSA) is 92.0 Å². The van der Waals surface area contributed by atoms with Gasteiger partial charge in [-0.15, -0.1) is 0 Å². The van der Waals surface area contributed by atoms with Crippen LogP contribution in [0.1, 0.15) is 25.3 Å². The average molecular weight is 440 g/mol. The molecule has 1 aliphatic heterocycles. The van der Waals surface area contributed by atoms with Gasteiger partial charge in [-0.1, -0.05) is 30.3 Å². The van der Waals surface area contributed by atoms with Gasteiger partial charge in [0.1, 0.15) is 0 Å². The minimum absolute atomic E-state index is 0.0920. The fraction of sp³-hybridized carbons (Fsp3) is 0.458. The lowest BCUT2D eigenvalue weighted by atomic mass is 10.1. The van der Waals surface area contributed by atoms with Crippen LogP contribution in [-0.2, 0) is 11.3 Å². The summed E-state index contributed by atoms with van der Waals surface area (Å²) in [5.74, 6) is 1.26. The fourth-order valence-electron chi connectivity index (χ4n) is 3.64. The van der Waals surface area contributed by atoms with Crippen molar-refractivity contribution in [3.8, 4) is 0 Å². The Morgan fingerprint density at radius 1 is 1.19 bits per heavy atom. The van der Waals surface area contributed by atoms with Crippen molar-refractivity contribution in [1.29, 1.82) is 0 Å². The van der Waals surface area contributed by atoms with Gasteiger partial charge in [0.15, 0.2) is 5.96 Å². The molecule has 0 radical (unpaired) electrons. The number of hydrogen-bond donors (Lipinski definition) is 2. The molecule has 1 saturated heterocycles. The van der Waals surface area contributed by atoms with E-state index in [0.29, 0.717) is 12.5 Å². The van der Waals surface area contributed by atoms with Gasteiger partial charge in [-0.05, 0) is 37.5 Å². The van der Waals surface area contributed by atoms with E-state index in [0.717, 1.165) is 63.8 Å². The summed E-state index contributed by atoms with van der Waals surface area (Å²) in [4.78, 5) is 17.5. The van der Waals surface area contributed by atoms with Crippen molar-refractivity contribution in [3.05, 3.63) is 70.3 Å². The van der Waals surface area contributed by atoms with Crippen LogP contribution in [0.5, 0.6) is 0 Å². The molecule has 0 amide bonds. The summed E-state index contributed by atoms with van der Waals surface area (Å²) in [6.45, 7) is 7.77. The van der Waals surface area contributed by atoms with Gasteiger partial charge < -0.3 is 20.3 Å². The largest absolute Gasteiger partial charge is 0.381 e. The Bertz CT molecular complexity index is 852. The minimum atomic E-state index is -0.389. The number of ether oxygens (including phenoxy) is 1. The van der Waals surface area contributed by atoms with Gasteiger partial charge in [0.2, 0.25) is 0 Å². The molecule has 0 spiro atoms. The number of nitrogens with zero attached hydrogens (tertiary/aromatic N) is 3. The Kier molecular flexibility index (Phi) is 9.31. The quantitative estimate of drug-likeness (QED) is 0.183. The van der Waals surface area contributed by atoms with E-state index in [1.54, 1.807) is 12.1 Å². The molecule has 0 aliphatic carbocycles. The van der Waals surface area contributed by atoms with Crippen molar-refractivity contribution in [3.63, 3.8) is 0 Å². The van der Waals surface area contributed by atoms with Gasteiger partial charge in [-0.2, -0.15) is 0 Å². The molecule has 2 aromatic carbocycles. The smallest absolute Gasteiger partial charge is 0.269 e. The van der Waals surface area contributed by atoms with Crippen molar-refractivity contribution in [2.45, 2.75) is 26.3 Å². The van der Waals surface area contributed by atoms with E-state index < -0.39 is 0 Å². The lowest BCUT2D eigenvalue weighted by molar-refractivity contribution is -0.384.